The maximum absolute atomic E-state index is 13.8. The van der Waals surface area contributed by atoms with Crippen LogP contribution in [0.4, 0.5) is 15.8 Å². The van der Waals surface area contributed by atoms with Gasteiger partial charge in [-0.2, -0.15) is 0 Å². The van der Waals surface area contributed by atoms with Crippen molar-refractivity contribution in [1.82, 2.24) is 4.90 Å². The highest BCUT2D eigenvalue weighted by molar-refractivity contribution is 5.91. The van der Waals surface area contributed by atoms with Crippen LogP contribution in [0.15, 0.2) is 48.5 Å². The summed E-state index contributed by atoms with van der Waals surface area (Å²) in [4.78, 5) is 27.4. The summed E-state index contributed by atoms with van der Waals surface area (Å²) in [6.45, 7) is 1.79. The average molecular weight is 357 g/mol. The molecule has 0 bridgehead atoms. The molecule has 0 saturated carbocycles. The number of amides is 2. The minimum Gasteiger partial charge on any atom is -0.378 e. The van der Waals surface area contributed by atoms with Crippen molar-refractivity contribution in [3.05, 3.63) is 59.9 Å². The third kappa shape index (κ3) is 5.58. The minimum absolute atomic E-state index is 0.142. The molecule has 0 aromatic heterocycles. The first-order chi connectivity index (χ1) is 12.4. The van der Waals surface area contributed by atoms with Gasteiger partial charge in [0.2, 0.25) is 11.8 Å². The molecular weight excluding hydrogens is 333 g/mol. The van der Waals surface area contributed by atoms with E-state index in [1.54, 1.807) is 18.2 Å². The van der Waals surface area contributed by atoms with E-state index >= 15 is 0 Å². The molecule has 6 heteroatoms. The number of hydrogen-bond acceptors (Lipinski definition) is 3. The second-order valence-corrected chi connectivity index (χ2v) is 6.27. The van der Waals surface area contributed by atoms with Gasteiger partial charge in [-0.25, -0.2) is 4.39 Å². The number of benzene rings is 2. The molecule has 1 N–H and O–H groups in total. The van der Waals surface area contributed by atoms with Crippen molar-refractivity contribution in [2.75, 3.05) is 30.9 Å². The van der Waals surface area contributed by atoms with Gasteiger partial charge in [0.25, 0.3) is 0 Å². The van der Waals surface area contributed by atoms with Crippen LogP contribution in [0.1, 0.15) is 18.9 Å². The summed E-state index contributed by atoms with van der Waals surface area (Å²) < 4.78 is 13.8. The zero-order valence-electron chi connectivity index (χ0n) is 15.3. The Hall–Kier alpha value is -2.89. The molecule has 2 aromatic rings. The number of nitrogens with one attached hydrogen (secondary N) is 1. The molecule has 0 aliphatic heterocycles. The summed E-state index contributed by atoms with van der Waals surface area (Å²) in [7, 11) is 3.89. The molecule has 0 saturated heterocycles. The summed E-state index contributed by atoms with van der Waals surface area (Å²) in [5, 5.41) is 2.81. The van der Waals surface area contributed by atoms with Crippen LogP contribution >= 0.6 is 0 Å². The van der Waals surface area contributed by atoms with Gasteiger partial charge in [0.15, 0.2) is 0 Å². The summed E-state index contributed by atoms with van der Waals surface area (Å²) in [6.07, 6.45) is 0.142. The monoisotopic (exact) mass is 357 g/mol. The molecule has 0 spiro atoms. The first-order valence-electron chi connectivity index (χ1n) is 8.43. The van der Waals surface area contributed by atoms with Crippen LogP contribution in [0.3, 0.4) is 0 Å². The van der Waals surface area contributed by atoms with Crippen LogP contribution < -0.4 is 10.2 Å². The van der Waals surface area contributed by atoms with E-state index in [0.717, 1.165) is 5.69 Å². The Morgan fingerprint density at radius 2 is 1.69 bits per heavy atom. The Kier molecular flexibility index (Phi) is 6.72. The van der Waals surface area contributed by atoms with E-state index in [1.807, 2.05) is 43.3 Å². The van der Waals surface area contributed by atoms with Crippen molar-refractivity contribution in [2.24, 2.45) is 0 Å². The number of carbonyl (C=O) groups is 2. The molecule has 2 amide bonds. The highest BCUT2D eigenvalue weighted by atomic mass is 19.1. The van der Waals surface area contributed by atoms with E-state index in [-0.39, 0.29) is 37.1 Å². The van der Waals surface area contributed by atoms with Gasteiger partial charge in [-0.15, -0.1) is 0 Å². The summed E-state index contributed by atoms with van der Waals surface area (Å²) in [6, 6.07) is 13.8. The van der Waals surface area contributed by atoms with Crippen molar-refractivity contribution in [3.8, 4) is 0 Å². The lowest BCUT2D eigenvalue weighted by molar-refractivity contribution is -0.130. The standard InChI is InChI=1S/C20H24FN3O2/c1-15(25)24(14-16-6-4-5-7-19(16)21)13-12-20(26)22-17-8-10-18(11-9-17)23(2)3/h4-11H,12-14H2,1-3H3,(H,22,26). The number of rotatable bonds is 7. The molecule has 0 heterocycles. The first kappa shape index (κ1) is 19.4. The fourth-order valence-corrected chi connectivity index (χ4v) is 2.48. The van der Waals surface area contributed by atoms with Crippen molar-refractivity contribution in [3.63, 3.8) is 0 Å². The van der Waals surface area contributed by atoms with E-state index in [2.05, 4.69) is 5.32 Å². The summed E-state index contributed by atoms with van der Waals surface area (Å²) >= 11 is 0. The molecule has 0 aliphatic rings. The van der Waals surface area contributed by atoms with Gasteiger partial charge in [-0.3, -0.25) is 9.59 Å². The van der Waals surface area contributed by atoms with Crippen LogP contribution in [0.2, 0.25) is 0 Å². The van der Waals surface area contributed by atoms with Crippen LogP contribution in [0.25, 0.3) is 0 Å². The molecule has 2 rings (SSSR count). The Morgan fingerprint density at radius 3 is 2.27 bits per heavy atom. The van der Waals surface area contributed by atoms with Crippen LogP contribution in [0, 0.1) is 5.82 Å². The zero-order valence-corrected chi connectivity index (χ0v) is 15.3. The molecule has 0 atom stereocenters. The predicted molar refractivity (Wildman–Crippen MR) is 102 cm³/mol. The fourth-order valence-electron chi connectivity index (χ4n) is 2.48. The van der Waals surface area contributed by atoms with Crippen molar-refractivity contribution in [2.45, 2.75) is 19.9 Å². The second kappa shape index (κ2) is 8.99. The van der Waals surface area contributed by atoms with Crippen molar-refractivity contribution in [1.29, 1.82) is 0 Å². The third-order valence-corrected chi connectivity index (χ3v) is 4.04. The fraction of sp³-hybridized carbons (Fsp3) is 0.300. The van der Waals surface area contributed by atoms with Gasteiger partial charge >= 0.3 is 0 Å². The van der Waals surface area contributed by atoms with E-state index in [4.69, 9.17) is 0 Å². The third-order valence-electron chi connectivity index (χ3n) is 4.04. The number of halogens is 1. The largest absolute Gasteiger partial charge is 0.378 e. The van der Waals surface area contributed by atoms with Gasteiger partial charge in [0.05, 0.1) is 0 Å². The normalized spacial score (nSPS) is 10.3. The van der Waals surface area contributed by atoms with Crippen molar-refractivity contribution < 1.29 is 14.0 Å². The van der Waals surface area contributed by atoms with Crippen LogP contribution in [-0.4, -0.2) is 37.4 Å². The Bertz CT molecular complexity index is 760. The van der Waals surface area contributed by atoms with Crippen molar-refractivity contribution >= 4 is 23.2 Å². The van der Waals surface area contributed by atoms with Gasteiger partial charge in [0.1, 0.15) is 5.82 Å². The lowest BCUT2D eigenvalue weighted by Crippen LogP contribution is -2.31. The quantitative estimate of drug-likeness (QED) is 0.827. The van der Waals surface area contributed by atoms with Crippen LogP contribution in [0.5, 0.6) is 0 Å². The summed E-state index contributed by atoms with van der Waals surface area (Å²) in [5.41, 5.74) is 2.17. The topological polar surface area (TPSA) is 52.7 Å². The van der Waals surface area contributed by atoms with Gasteiger partial charge in [-0.05, 0) is 30.3 Å². The molecule has 5 nitrogen and oxygen atoms in total. The Balaban J connectivity index is 1.91. The number of hydrogen-bond donors (Lipinski definition) is 1. The molecule has 26 heavy (non-hydrogen) atoms. The Morgan fingerprint density at radius 1 is 1.04 bits per heavy atom. The van der Waals surface area contributed by atoms with E-state index < -0.39 is 0 Å². The van der Waals surface area contributed by atoms with Gasteiger partial charge in [-0.1, -0.05) is 18.2 Å². The lowest BCUT2D eigenvalue weighted by Gasteiger charge is -2.21. The van der Waals surface area contributed by atoms with Crippen LogP contribution in [-0.2, 0) is 16.1 Å². The number of nitrogens with zero attached hydrogens (tertiary/aromatic N) is 2. The van der Waals surface area contributed by atoms with E-state index in [9.17, 15) is 14.0 Å². The molecule has 0 fully saturated rings. The summed E-state index contributed by atoms with van der Waals surface area (Å²) in [5.74, 6) is -0.747. The smallest absolute Gasteiger partial charge is 0.226 e. The maximum Gasteiger partial charge on any atom is 0.226 e. The molecular formula is C20H24FN3O2. The zero-order chi connectivity index (χ0) is 19.1. The van der Waals surface area contributed by atoms with Gasteiger partial charge < -0.3 is 15.1 Å². The lowest BCUT2D eigenvalue weighted by atomic mass is 10.2. The number of carbonyl (C=O) groups excluding carboxylic acids is 2. The highest BCUT2D eigenvalue weighted by Crippen LogP contribution is 2.16. The minimum atomic E-state index is -0.357. The van der Waals surface area contributed by atoms with E-state index in [1.165, 1.54) is 17.9 Å². The second-order valence-electron chi connectivity index (χ2n) is 6.27. The first-order valence-corrected chi connectivity index (χ1v) is 8.43. The van der Waals surface area contributed by atoms with E-state index in [0.29, 0.717) is 11.3 Å². The number of anilines is 2. The maximum atomic E-state index is 13.8. The molecule has 0 unspecified atom stereocenters. The average Bonchev–Trinajstić information content (AvgIpc) is 2.60. The predicted octanol–water partition coefficient (Wildman–Crippen LogP) is 3.27. The molecule has 2 aromatic carbocycles. The SMILES string of the molecule is CC(=O)N(CCC(=O)Nc1ccc(N(C)C)cc1)Cc1ccccc1F. The Labute approximate surface area is 153 Å². The van der Waals surface area contributed by atoms with Gasteiger partial charge in [0, 0.05) is 57.5 Å². The molecule has 138 valence electrons. The highest BCUT2D eigenvalue weighted by Gasteiger charge is 2.14. The molecule has 0 aliphatic carbocycles. The molecule has 0 radical (unpaired) electrons.